The fourth-order valence-corrected chi connectivity index (χ4v) is 6.11. The van der Waals surface area contributed by atoms with Crippen LogP contribution in [-0.4, -0.2) is 54.6 Å². The molecule has 1 aliphatic heterocycles. The van der Waals surface area contributed by atoms with Crippen molar-refractivity contribution in [2.45, 2.75) is 32.6 Å². The smallest absolute Gasteiger partial charge is 0.338 e. The second kappa shape index (κ2) is 12.5. The van der Waals surface area contributed by atoms with Gasteiger partial charge < -0.3 is 14.6 Å². The quantitative estimate of drug-likeness (QED) is 0.173. The maximum Gasteiger partial charge on any atom is 0.338 e. The summed E-state index contributed by atoms with van der Waals surface area (Å²) in [5.74, 6) is 0.421. The van der Waals surface area contributed by atoms with Gasteiger partial charge in [-0.1, -0.05) is 19.4 Å². The number of likely N-dealkylation sites (tertiary alicyclic amines) is 1. The zero-order valence-electron chi connectivity index (χ0n) is 22.2. The van der Waals surface area contributed by atoms with Crippen molar-refractivity contribution in [3.8, 4) is 21.9 Å². The molecule has 1 aliphatic rings. The van der Waals surface area contributed by atoms with E-state index in [1.54, 1.807) is 48.5 Å². The Morgan fingerprint density at radius 2 is 1.62 bits per heavy atom. The average molecular weight is 544 g/mol. The Kier molecular flexibility index (Phi) is 8.59. The van der Waals surface area contributed by atoms with Crippen LogP contribution in [0.5, 0.6) is 11.5 Å². The number of ether oxygens (including phenoxy) is 2. The minimum Gasteiger partial charge on any atom is -0.508 e. The molecule has 0 radical (unpaired) electrons. The van der Waals surface area contributed by atoms with E-state index < -0.39 is 0 Å². The number of phenols is 1. The highest BCUT2D eigenvalue weighted by Gasteiger charge is 2.23. The van der Waals surface area contributed by atoms with Crippen LogP contribution in [0.2, 0.25) is 0 Å². The first kappa shape index (κ1) is 26.9. The van der Waals surface area contributed by atoms with Gasteiger partial charge in [-0.25, -0.2) is 4.79 Å². The molecule has 3 aromatic carbocycles. The van der Waals surface area contributed by atoms with Gasteiger partial charge in [0.05, 0.1) is 12.2 Å². The number of thiophene rings is 1. The number of ketones is 1. The first-order chi connectivity index (χ1) is 19.0. The lowest BCUT2D eigenvalue weighted by Crippen LogP contribution is -2.33. The van der Waals surface area contributed by atoms with Crippen molar-refractivity contribution in [1.82, 2.24) is 4.90 Å². The normalized spacial score (nSPS) is 13.9. The van der Waals surface area contributed by atoms with Crippen LogP contribution in [-0.2, 0) is 4.74 Å². The van der Waals surface area contributed by atoms with E-state index in [1.165, 1.54) is 30.6 Å². The number of hydrogen-bond acceptors (Lipinski definition) is 7. The maximum atomic E-state index is 13.9. The lowest BCUT2D eigenvalue weighted by Gasteiger charge is -2.26. The summed E-state index contributed by atoms with van der Waals surface area (Å²) in [5.41, 5.74) is 2.42. The molecular weight excluding hydrogens is 510 g/mol. The van der Waals surface area contributed by atoms with Crippen LogP contribution >= 0.6 is 11.3 Å². The lowest BCUT2D eigenvalue weighted by atomic mass is 9.97. The van der Waals surface area contributed by atoms with E-state index >= 15 is 0 Å². The summed E-state index contributed by atoms with van der Waals surface area (Å²) < 4.78 is 12.1. The largest absolute Gasteiger partial charge is 0.508 e. The summed E-state index contributed by atoms with van der Waals surface area (Å²) in [6.07, 6.45) is 4.57. The van der Waals surface area contributed by atoms with Gasteiger partial charge in [-0.15, -0.1) is 11.3 Å². The van der Waals surface area contributed by atoms with Gasteiger partial charge in [-0.3, -0.25) is 9.69 Å². The van der Waals surface area contributed by atoms with Crippen molar-refractivity contribution in [3.63, 3.8) is 0 Å². The highest BCUT2D eigenvalue weighted by Crippen LogP contribution is 2.41. The van der Waals surface area contributed by atoms with E-state index in [4.69, 9.17) is 9.47 Å². The van der Waals surface area contributed by atoms with E-state index in [9.17, 15) is 14.7 Å². The molecule has 0 bridgehead atoms. The molecule has 0 aliphatic carbocycles. The van der Waals surface area contributed by atoms with Crippen LogP contribution in [0.15, 0.2) is 66.7 Å². The van der Waals surface area contributed by atoms with E-state index in [1.807, 2.05) is 25.1 Å². The van der Waals surface area contributed by atoms with Crippen molar-refractivity contribution in [3.05, 3.63) is 83.4 Å². The summed E-state index contributed by atoms with van der Waals surface area (Å²) in [4.78, 5) is 29.6. The van der Waals surface area contributed by atoms with E-state index in [0.29, 0.717) is 29.9 Å². The van der Waals surface area contributed by atoms with Crippen molar-refractivity contribution in [2.24, 2.45) is 0 Å². The predicted octanol–water partition coefficient (Wildman–Crippen LogP) is 6.94. The summed E-state index contributed by atoms with van der Waals surface area (Å²) >= 11 is 1.45. The zero-order valence-corrected chi connectivity index (χ0v) is 23.0. The molecule has 6 nitrogen and oxygen atoms in total. The monoisotopic (exact) mass is 543 g/mol. The number of piperidine rings is 1. The predicted molar refractivity (Wildman–Crippen MR) is 155 cm³/mol. The van der Waals surface area contributed by atoms with Crippen LogP contribution in [0, 0.1) is 0 Å². The van der Waals surface area contributed by atoms with Gasteiger partial charge >= 0.3 is 5.97 Å². The number of esters is 1. The van der Waals surface area contributed by atoms with Crippen LogP contribution in [0.3, 0.4) is 0 Å². The zero-order chi connectivity index (χ0) is 27.2. The Morgan fingerprint density at radius 1 is 0.897 bits per heavy atom. The van der Waals surface area contributed by atoms with Gasteiger partial charge in [0.15, 0.2) is 5.78 Å². The summed E-state index contributed by atoms with van der Waals surface area (Å²) in [6.45, 7) is 6.11. The Balaban J connectivity index is 1.41. The van der Waals surface area contributed by atoms with E-state index in [-0.39, 0.29) is 17.5 Å². The molecule has 0 unspecified atom stereocenters. The summed E-state index contributed by atoms with van der Waals surface area (Å²) in [6, 6.07) is 19.4. The molecule has 1 saturated heterocycles. The molecule has 202 valence electrons. The summed E-state index contributed by atoms with van der Waals surface area (Å²) in [5, 5.41) is 10.6. The third-order valence-electron chi connectivity index (χ3n) is 6.96. The molecule has 2 heterocycles. The molecule has 1 N–H and O–H groups in total. The second-order valence-electron chi connectivity index (χ2n) is 9.80. The van der Waals surface area contributed by atoms with Gasteiger partial charge in [0.2, 0.25) is 0 Å². The molecule has 4 aromatic rings. The van der Waals surface area contributed by atoms with E-state index in [2.05, 4.69) is 4.90 Å². The Labute approximate surface area is 232 Å². The Morgan fingerprint density at radius 3 is 2.33 bits per heavy atom. The standard InChI is InChI=1S/C32H33NO5S/c1-2-19-38-32(36)24-10-15-27-28(21-24)39-31(23-6-11-25(34)12-7-23)29(27)30(35)22-8-13-26(14-9-22)37-20-18-33-16-4-3-5-17-33/h6-15,21,34H,2-5,16-20H2,1H3. The molecule has 7 heteroatoms. The topological polar surface area (TPSA) is 76.1 Å². The minimum absolute atomic E-state index is 0.106. The number of phenolic OH excluding ortho intramolecular Hbond substituents is 1. The van der Waals surface area contributed by atoms with E-state index in [0.717, 1.165) is 52.3 Å². The van der Waals surface area contributed by atoms with Crippen LogP contribution in [0.1, 0.15) is 58.9 Å². The Bertz CT molecular complexity index is 1440. The second-order valence-corrected chi connectivity index (χ2v) is 10.9. The van der Waals surface area contributed by atoms with Gasteiger partial charge in [0.25, 0.3) is 0 Å². The number of hydrogen-bond donors (Lipinski definition) is 1. The third-order valence-corrected chi connectivity index (χ3v) is 8.16. The molecule has 0 saturated carbocycles. The molecule has 0 amide bonds. The highest BCUT2D eigenvalue weighted by molar-refractivity contribution is 7.22. The molecular formula is C32H33NO5S. The first-order valence-electron chi connectivity index (χ1n) is 13.6. The number of carbonyl (C=O) groups excluding carboxylic acids is 2. The van der Waals surface area contributed by atoms with Crippen molar-refractivity contribution in [2.75, 3.05) is 32.8 Å². The first-order valence-corrected chi connectivity index (χ1v) is 14.4. The molecule has 1 fully saturated rings. The molecule has 0 spiro atoms. The maximum absolute atomic E-state index is 13.9. The van der Waals surface area contributed by atoms with Gasteiger partial charge in [0, 0.05) is 32.6 Å². The molecule has 5 rings (SSSR count). The van der Waals surface area contributed by atoms with Gasteiger partial charge in [-0.2, -0.15) is 0 Å². The van der Waals surface area contributed by atoms with Gasteiger partial charge in [-0.05, 0) is 98.6 Å². The van der Waals surface area contributed by atoms with Crippen molar-refractivity contribution in [1.29, 1.82) is 0 Å². The summed E-state index contributed by atoms with van der Waals surface area (Å²) in [7, 11) is 0. The SMILES string of the molecule is CCCOC(=O)c1ccc2c(C(=O)c3ccc(OCCN4CCCCC4)cc3)c(-c3ccc(O)cc3)sc2c1. The van der Waals surface area contributed by atoms with Crippen LogP contribution in [0.25, 0.3) is 20.5 Å². The lowest BCUT2D eigenvalue weighted by molar-refractivity contribution is 0.0505. The number of rotatable bonds is 10. The minimum atomic E-state index is -0.373. The number of carbonyl (C=O) groups is 2. The average Bonchev–Trinajstić information content (AvgIpc) is 3.35. The fourth-order valence-electron chi connectivity index (χ4n) is 4.87. The molecule has 39 heavy (non-hydrogen) atoms. The fraction of sp³-hybridized carbons (Fsp3) is 0.312. The number of nitrogens with zero attached hydrogens (tertiary/aromatic N) is 1. The molecule has 0 atom stereocenters. The number of benzene rings is 3. The van der Waals surface area contributed by atoms with Crippen molar-refractivity contribution >= 4 is 33.2 Å². The number of aromatic hydroxyl groups is 1. The van der Waals surface area contributed by atoms with Crippen LogP contribution in [0.4, 0.5) is 0 Å². The Hall–Kier alpha value is -3.68. The van der Waals surface area contributed by atoms with Crippen LogP contribution < -0.4 is 4.74 Å². The molecule has 1 aromatic heterocycles. The van der Waals surface area contributed by atoms with Gasteiger partial charge in [0.1, 0.15) is 18.1 Å². The number of fused-ring (bicyclic) bond motifs is 1. The van der Waals surface area contributed by atoms with Crippen molar-refractivity contribution < 1.29 is 24.2 Å². The third kappa shape index (κ3) is 6.32. The highest BCUT2D eigenvalue weighted by atomic mass is 32.1.